The molecule has 16 heavy (non-hydrogen) atoms. The van der Waals surface area contributed by atoms with E-state index in [1.54, 1.807) is 6.07 Å². The zero-order valence-electron chi connectivity index (χ0n) is 10.5. The smallest absolute Gasteiger partial charge is 0.120 e. The molecule has 1 saturated carbocycles. The first-order chi connectivity index (χ1) is 7.40. The maximum Gasteiger partial charge on any atom is 0.120 e. The fraction of sp³-hybridized carbons (Fsp3) is 0.571. The lowest BCUT2D eigenvalue weighted by molar-refractivity contribution is 0.441. The van der Waals surface area contributed by atoms with E-state index in [4.69, 9.17) is 0 Å². The predicted molar refractivity (Wildman–Crippen MR) is 66.6 cm³/mol. The lowest BCUT2D eigenvalue weighted by Gasteiger charge is -2.17. The Balaban J connectivity index is 2.09. The van der Waals surface area contributed by atoms with Gasteiger partial charge in [0.2, 0.25) is 0 Å². The first-order valence-electron chi connectivity index (χ1n) is 5.96. The molecule has 1 fully saturated rings. The summed E-state index contributed by atoms with van der Waals surface area (Å²) in [6.45, 7) is 8.71. The predicted octanol–water partition coefficient (Wildman–Crippen LogP) is 3.15. The van der Waals surface area contributed by atoms with Gasteiger partial charge in [0.1, 0.15) is 5.75 Å². The Hall–Kier alpha value is -1.02. The Morgan fingerprint density at radius 1 is 1.44 bits per heavy atom. The van der Waals surface area contributed by atoms with Gasteiger partial charge < -0.3 is 10.4 Å². The van der Waals surface area contributed by atoms with E-state index in [1.807, 2.05) is 6.07 Å². The van der Waals surface area contributed by atoms with Crippen LogP contribution in [0.5, 0.6) is 5.75 Å². The maximum absolute atomic E-state index is 9.83. The van der Waals surface area contributed by atoms with Gasteiger partial charge in [-0.05, 0) is 31.7 Å². The number of benzene rings is 1. The van der Waals surface area contributed by atoms with Crippen molar-refractivity contribution in [2.24, 2.45) is 5.41 Å². The maximum atomic E-state index is 9.83. The fourth-order valence-corrected chi connectivity index (χ4v) is 2.16. The summed E-state index contributed by atoms with van der Waals surface area (Å²) in [6, 6.07) is 6.57. The second kappa shape index (κ2) is 3.77. The summed E-state index contributed by atoms with van der Waals surface area (Å²) in [7, 11) is 0. The standard InChI is InChI=1S/C14H21NO/c1-9-5-6-12(16)11(7-9)10(2)15-13-8-14(13,3)4/h5-7,10,13,15-16H,8H2,1-4H3. The van der Waals surface area contributed by atoms with E-state index in [9.17, 15) is 5.11 Å². The number of hydrogen-bond acceptors (Lipinski definition) is 2. The molecule has 2 unspecified atom stereocenters. The third kappa shape index (κ3) is 2.22. The SMILES string of the molecule is Cc1ccc(O)c(C(C)NC2CC2(C)C)c1. The number of phenolic OH excluding ortho intramolecular Hbond substituents is 1. The quantitative estimate of drug-likeness (QED) is 0.818. The molecule has 2 rings (SSSR count). The molecule has 1 aromatic rings. The molecule has 0 radical (unpaired) electrons. The van der Waals surface area contributed by atoms with Gasteiger partial charge in [-0.15, -0.1) is 0 Å². The van der Waals surface area contributed by atoms with Crippen LogP contribution >= 0.6 is 0 Å². The summed E-state index contributed by atoms with van der Waals surface area (Å²) < 4.78 is 0. The number of phenols is 1. The molecule has 0 spiro atoms. The third-order valence-corrected chi connectivity index (χ3v) is 3.61. The van der Waals surface area contributed by atoms with E-state index in [1.165, 1.54) is 12.0 Å². The van der Waals surface area contributed by atoms with Crippen LogP contribution < -0.4 is 5.32 Å². The molecule has 1 aromatic carbocycles. The van der Waals surface area contributed by atoms with E-state index >= 15 is 0 Å². The van der Waals surface area contributed by atoms with Crippen LogP contribution in [0.3, 0.4) is 0 Å². The summed E-state index contributed by atoms with van der Waals surface area (Å²) >= 11 is 0. The van der Waals surface area contributed by atoms with Crippen molar-refractivity contribution >= 4 is 0 Å². The number of rotatable bonds is 3. The van der Waals surface area contributed by atoms with Gasteiger partial charge >= 0.3 is 0 Å². The van der Waals surface area contributed by atoms with E-state index in [-0.39, 0.29) is 6.04 Å². The summed E-state index contributed by atoms with van der Waals surface area (Å²) in [6.07, 6.45) is 1.23. The molecule has 2 N–H and O–H groups in total. The van der Waals surface area contributed by atoms with Gasteiger partial charge in [-0.25, -0.2) is 0 Å². The molecule has 0 amide bonds. The molecule has 2 heteroatoms. The van der Waals surface area contributed by atoms with Crippen molar-refractivity contribution in [2.75, 3.05) is 0 Å². The summed E-state index contributed by atoms with van der Waals surface area (Å²) in [5.41, 5.74) is 2.62. The normalized spacial score (nSPS) is 24.1. The Kier molecular flexibility index (Phi) is 2.70. The first kappa shape index (κ1) is 11.5. The Morgan fingerprint density at radius 2 is 2.06 bits per heavy atom. The summed E-state index contributed by atoms with van der Waals surface area (Å²) in [5.74, 6) is 0.393. The number of aryl methyl sites for hydroxylation is 1. The molecule has 0 aromatic heterocycles. The van der Waals surface area contributed by atoms with Crippen LogP contribution in [0.4, 0.5) is 0 Å². The number of hydrogen-bond donors (Lipinski definition) is 2. The molecular weight excluding hydrogens is 198 g/mol. The van der Waals surface area contributed by atoms with Crippen molar-refractivity contribution in [3.8, 4) is 5.75 Å². The second-order valence-electron chi connectivity index (χ2n) is 5.70. The van der Waals surface area contributed by atoms with Gasteiger partial charge in [-0.2, -0.15) is 0 Å². The number of aromatic hydroxyl groups is 1. The number of nitrogens with one attached hydrogen (secondary N) is 1. The lowest BCUT2D eigenvalue weighted by Crippen LogP contribution is -2.24. The molecular formula is C14H21NO. The summed E-state index contributed by atoms with van der Waals surface area (Å²) in [5, 5.41) is 13.4. The minimum Gasteiger partial charge on any atom is -0.508 e. The van der Waals surface area contributed by atoms with E-state index in [0.29, 0.717) is 17.2 Å². The van der Waals surface area contributed by atoms with Crippen LogP contribution in [0.1, 0.15) is 44.4 Å². The van der Waals surface area contributed by atoms with E-state index in [2.05, 4.69) is 39.1 Å². The molecule has 0 saturated heterocycles. The Morgan fingerprint density at radius 3 is 2.62 bits per heavy atom. The van der Waals surface area contributed by atoms with Crippen molar-refractivity contribution < 1.29 is 5.11 Å². The van der Waals surface area contributed by atoms with Gasteiger partial charge in [0.25, 0.3) is 0 Å². The van der Waals surface area contributed by atoms with Crippen LogP contribution in [-0.4, -0.2) is 11.1 Å². The Bertz CT molecular complexity index is 398. The summed E-state index contributed by atoms with van der Waals surface area (Å²) in [4.78, 5) is 0. The molecule has 0 aliphatic heterocycles. The zero-order chi connectivity index (χ0) is 11.9. The molecule has 1 aliphatic rings. The average Bonchev–Trinajstić information content (AvgIpc) is 2.77. The third-order valence-electron chi connectivity index (χ3n) is 3.61. The van der Waals surface area contributed by atoms with Gasteiger partial charge in [-0.3, -0.25) is 0 Å². The van der Waals surface area contributed by atoms with E-state index in [0.717, 1.165) is 5.56 Å². The van der Waals surface area contributed by atoms with Crippen molar-refractivity contribution in [1.82, 2.24) is 5.32 Å². The zero-order valence-corrected chi connectivity index (χ0v) is 10.5. The minimum absolute atomic E-state index is 0.215. The molecule has 2 nitrogen and oxygen atoms in total. The molecule has 2 atom stereocenters. The average molecular weight is 219 g/mol. The highest BCUT2D eigenvalue weighted by molar-refractivity contribution is 5.38. The first-order valence-corrected chi connectivity index (χ1v) is 5.96. The molecule has 1 aliphatic carbocycles. The minimum atomic E-state index is 0.215. The highest BCUT2D eigenvalue weighted by Gasteiger charge is 2.46. The van der Waals surface area contributed by atoms with Crippen LogP contribution in [0, 0.1) is 12.3 Å². The van der Waals surface area contributed by atoms with Crippen LogP contribution in [0.25, 0.3) is 0 Å². The van der Waals surface area contributed by atoms with Crippen molar-refractivity contribution in [1.29, 1.82) is 0 Å². The monoisotopic (exact) mass is 219 g/mol. The second-order valence-corrected chi connectivity index (χ2v) is 5.70. The van der Waals surface area contributed by atoms with Gasteiger partial charge in [0.05, 0.1) is 0 Å². The van der Waals surface area contributed by atoms with Gasteiger partial charge in [0.15, 0.2) is 0 Å². The Labute approximate surface area is 97.7 Å². The molecule has 0 bridgehead atoms. The van der Waals surface area contributed by atoms with Crippen molar-refractivity contribution in [2.45, 2.75) is 46.2 Å². The highest BCUT2D eigenvalue weighted by atomic mass is 16.3. The van der Waals surface area contributed by atoms with Crippen LogP contribution in [0.2, 0.25) is 0 Å². The molecule has 0 heterocycles. The van der Waals surface area contributed by atoms with Crippen LogP contribution in [-0.2, 0) is 0 Å². The lowest BCUT2D eigenvalue weighted by atomic mass is 10.0. The largest absolute Gasteiger partial charge is 0.508 e. The molecule has 88 valence electrons. The topological polar surface area (TPSA) is 32.3 Å². The van der Waals surface area contributed by atoms with Crippen molar-refractivity contribution in [3.05, 3.63) is 29.3 Å². The van der Waals surface area contributed by atoms with E-state index < -0.39 is 0 Å². The highest BCUT2D eigenvalue weighted by Crippen LogP contribution is 2.46. The fourth-order valence-electron chi connectivity index (χ4n) is 2.16. The van der Waals surface area contributed by atoms with Crippen molar-refractivity contribution in [3.63, 3.8) is 0 Å². The van der Waals surface area contributed by atoms with Crippen LogP contribution in [0.15, 0.2) is 18.2 Å². The van der Waals surface area contributed by atoms with Gasteiger partial charge in [0, 0.05) is 17.6 Å². The van der Waals surface area contributed by atoms with Gasteiger partial charge in [-0.1, -0.05) is 31.5 Å².